The Morgan fingerprint density at radius 3 is 2.58 bits per heavy atom. The normalized spacial score (nSPS) is 17.2. The number of nitrogens with one attached hydrogen (secondary N) is 1. The molecule has 2 aromatic carbocycles. The molecule has 0 saturated carbocycles. The summed E-state index contributed by atoms with van der Waals surface area (Å²) >= 11 is 0. The molecule has 1 N–H and O–H groups in total. The van der Waals surface area contributed by atoms with Crippen molar-refractivity contribution >= 4 is 27.6 Å². The summed E-state index contributed by atoms with van der Waals surface area (Å²) in [5, 5.41) is 2.82. The molecule has 0 aliphatic carbocycles. The van der Waals surface area contributed by atoms with Crippen LogP contribution in [0, 0.1) is 18.7 Å². The number of esters is 1. The maximum Gasteiger partial charge on any atom is 0.338 e. The van der Waals surface area contributed by atoms with Crippen LogP contribution in [0.1, 0.15) is 35.7 Å². The van der Waals surface area contributed by atoms with E-state index in [9.17, 15) is 22.4 Å². The maximum absolute atomic E-state index is 13.2. The predicted molar refractivity (Wildman–Crippen MR) is 114 cm³/mol. The van der Waals surface area contributed by atoms with Gasteiger partial charge in [-0.1, -0.05) is 6.07 Å². The SMILES string of the molecule is CCOC(=O)c1cccc(NC(=O)[C@H]2CCCN(S(=O)(=O)c3ccc(F)cc3)C2)c1C. The molecule has 1 aliphatic rings. The second-order valence-corrected chi connectivity index (χ2v) is 9.28. The number of amides is 1. The quantitative estimate of drug-likeness (QED) is 0.684. The first-order valence-electron chi connectivity index (χ1n) is 10.1. The highest BCUT2D eigenvalue weighted by molar-refractivity contribution is 7.89. The molecule has 0 aromatic heterocycles. The molecule has 31 heavy (non-hydrogen) atoms. The zero-order valence-electron chi connectivity index (χ0n) is 17.4. The minimum absolute atomic E-state index is 0.00654. The standard InChI is InChI=1S/C22H25FN2O5S/c1-3-30-22(27)19-7-4-8-20(15(19)2)24-21(26)16-6-5-13-25(14-16)31(28,29)18-11-9-17(23)10-12-18/h4,7-12,16H,3,5-6,13-14H2,1-2H3,(H,24,26)/t16-/m0/s1. The maximum atomic E-state index is 13.2. The third-order valence-electron chi connectivity index (χ3n) is 5.29. The molecule has 0 unspecified atom stereocenters. The van der Waals surface area contributed by atoms with Crippen LogP contribution in [0.2, 0.25) is 0 Å². The van der Waals surface area contributed by atoms with Crippen LogP contribution in [0.4, 0.5) is 10.1 Å². The summed E-state index contributed by atoms with van der Waals surface area (Å²) < 4.78 is 45.2. The second kappa shape index (κ2) is 9.57. The number of nitrogens with zero attached hydrogens (tertiary/aromatic N) is 1. The fraction of sp³-hybridized carbons (Fsp3) is 0.364. The lowest BCUT2D eigenvalue weighted by Gasteiger charge is -2.31. The number of rotatable bonds is 6. The Morgan fingerprint density at radius 1 is 1.19 bits per heavy atom. The van der Waals surface area contributed by atoms with Gasteiger partial charge in [0, 0.05) is 18.8 Å². The van der Waals surface area contributed by atoms with Crippen molar-refractivity contribution in [2.24, 2.45) is 5.92 Å². The van der Waals surface area contributed by atoms with E-state index in [4.69, 9.17) is 4.74 Å². The molecule has 0 bridgehead atoms. The highest BCUT2D eigenvalue weighted by Crippen LogP contribution is 2.26. The highest BCUT2D eigenvalue weighted by atomic mass is 32.2. The smallest absolute Gasteiger partial charge is 0.338 e. The number of halogens is 1. The van der Waals surface area contributed by atoms with Gasteiger partial charge in [-0.25, -0.2) is 17.6 Å². The zero-order valence-corrected chi connectivity index (χ0v) is 18.2. The number of hydrogen-bond donors (Lipinski definition) is 1. The van der Waals surface area contributed by atoms with Gasteiger partial charge in [0.1, 0.15) is 5.82 Å². The Kier molecular flexibility index (Phi) is 7.07. The number of piperidine rings is 1. The van der Waals surface area contributed by atoms with Crippen molar-refractivity contribution in [1.29, 1.82) is 0 Å². The van der Waals surface area contributed by atoms with E-state index >= 15 is 0 Å². The van der Waals surface area contributed by atoms with Crippen molar-refractivity contribution in [3.05, 3.63) is 59.4 Å². The molecule has 166 valence electrons. The number of ether oxygens (including phenoxy) is 1. The van der Waals surface area contributed by atoms with Crippen LogP contribution >= 0.6 is 0 Å². The van der Waals surface area contributed by atoms with Crippen molar-refractivity contribution < 1.29 is 27.1 Å². The van der Waals surface area contributed by atoms with Gasteiger partial charge in [0.25, 0.3) is 0 Å². The summed E-state index contributed by atoms with van der Waals surface area (Å²) in [6.07, 6.45) is 1.07. The number of carbonyl (C=O) groups is 2. The molecule has 2 aromatic rings. The molecule has 9 heteroatoms. The Balaban J connectivity index is 1.74. The lowest BCUT2D eigenvalue weighted by Crippen LogP contribution is -2.43. The molecule has 3 rings (SSSR count). The Morgan fingerprint density at radius 2 is 1.90 bits per heavy atom. The largest absolute Gasteiger partial charge is 0.462 e. The topological polar surface area (TPSA) is 92.8 Å². The first kappa shape index (κ1) is 22.9. The fourth-order valence-electron chi connectivity index (χ4n) is 3.57. The van der Waals surface area contributed by atoms with Crippen LogP contribution in [-0.4, -0.2) is 44.3 Å². The first-order valence-corrected chi connectivity index (χ1v) is 11.5. The van der Waals surface area contributed by atoms with Gasteiger partial charge < -0.3 is 10.1 Å². The molecule has 1 heterocycles. The zero-order chi connectivity index (χ0) is 22.6. The summed E-state index contributed by atoms with van der Waals surface area (Å²) in [5.41, 5.74) is 1.43. The van der Waals surface area contributed by atoms with E-state index in [1.807, 2.05) is 0 Å². The number of sulfonamides is 1. The Hall–Kier alpha value is -2.78. The van der Waals surface area contributed by atoms with E-state index in [0.29, 0.717) is 36.2 Å². The lowest BCUT2D eigenvalue weighted by molar-refractivity contribution is -0.120. The molecule has 0 spiro atoms. The number of anilines is 1. The number of benzene rings is 2. The molecular formula is C22H25FN2O5S. The van der Waals surface area contributed by atoms with Crippen LogP contribution in [0.15, 0.2) is 47.4 Å². The highest BCUT2D eigenvalue weighted by Gasteiger charge is 2.33. The molecular weight excluding hydrogens is 423 g/mol. The molecule has 1 amide bonds. The van der Waals surface area contributed by atoms with Crippen LogP contribution in [0.5, 0.6) is 0 Å². The molecule has 7 nitrogen and oxygen atoms in total. The second-order valence-electron chi connectivity index (χ2n) is 7.34. The van der Waals surface area contributed by atoms with Gasteiger partial charge in [0.15, 0.2) is 0 Å². The Labute approximate surface area is 181 Å². The van der Waals surface area contributed by atoms with Crippen molar-refractivity contribution in [2.45, 2.75) is 31.6 Å². The van der Waals surface area contributed by atoms with Crippen molar-refractivity contribution in [2.75, 3.05) is 25.0 Å². The van der Waals surface area contributed by atoms with Crippen molar-refractivity contribution in [3.8, 4) is 0 Å². The number of hydrogen-bond acceptors (Lipinski definition) is 5. The van der Waals surface area contributed by atoms with Gasteiger partial charge in [0.2, 0.25) is 15.9 Å². The minimum atomic E-state index is -3.83. The predicted octanol–water partition coefficient (Wildman–Crippen LogP) is 3.35. The average molecular weight is 449 g/mol. The van der Waals surface area contributed by atoms with Crippen LogP contribution in [0.25, 0.3) is 0 Å². The van der Waals surface area contributed by atoms with Crippen molar-refractivity contribution in [3.63, 3.8) is 0 Å². The summed E-state index contributed by atoms with van der Waals surface area (Å²) in [7, 11) is -3.83. The number of carbonyl (C=O) groups excluding carboxylic acids is 2. The first-order chi connectivity index (χ1) is 14.7. The molecule has 1 atom stereocenters. The van der Waals surface area contributed by atoms with E-state index in [1.54, 1.807) is 32.0 Å². The van der Waals surface area contributed by atoms with E-state index in [0.717, 1.165) is 12.1 Å². The van der Waals surface area contributed by atoms with Crippen LogP contribution in [-0.2, 0) is 19.6 Å². The van der Waals surface area contributed by atoms with E-state index in [2.05, 4.69) is 5.32 Å². The average Bonchev–Trinajstić information content (AvgIpc) is 2.75. The van der Waals surface area contributed by atoms with Gasteiger partial charge in [-0.3, -0.25) is 4.79 Å². The van der Waals surface area contributed by atoms with Crippen LogP contribution in [0.3, 0.4) is 0 Å². The van der Waals surface area contributed by atoms with E-state index in [1.165, 1.54) is 16.4 Å². The van der Waals surface area contributed by atoms with Crippen LogP contribution < -0.4 is 5.32 Å². The van der Waals surface area contributed by atoms with Gasteiger partial charge in [-0.2, -0.15) is 4.31 Å². The van der Waals surface area contributed by atoms with E-state index < -0.39 is 27.7 Å². The van der Waals surface area contributed by atoms with Gasteiger partial charge in [0.05, 0.1) is 23.0 Å². The lowest BCUT2D eigenvalue weighted by atomic mass is 9.98. The third kappa shape index (κ3) is 5.11. The summed E-state index contributed by atoms with van der Waals surface area (Å²) in [4.78, 5) is 25.0. The molecule has 1 fully saturated rings. The minimum Gasteiger partial charge on any atom is -0.462 e. The summed E-state index contributed by atoms with van der Waals surface area (Å²) in [6, 6.07) is 9.60. The monoisotopic (exact) mass is 448 g/mol. The summed E-state index contributed by atoms with van der Waals surface area (Å²) in [5.74, 6) is -1.85. The summed E-state index contributed by atoms with van der Waals surface area (Å²) in [6.45, 7) is 4.00. The van der Waals surface area contributed by atoms with Gasteiger partial charge in [-0.05, 0) is 68.7 Å². The van der Waals surface area contributed by atoms with Crippen molar-refractivity contribution in [1.82, 2.24) is 4.31 Å². The molecule has 1 aliphatic heterocycles. The molecule has 1 saturated heterocycles. The molecule has 0 radical (unpaired) electrons. The van der Waals surface area contributed by atoms with E-state index in [-0.39, 0.29) is 24.0 Å². The van der Waals surface area contributed by atoms with Gasteiger partial charge >= 0.3 is 5.97 Å². The van der Waals surface area contributed by atoms with Gasteiger partial charge in [-0.15, -0.1) is 0 Å². The Bertz CT molecular complexity index is 1070. The fourth-order valence-corrected chi connectivity index (χ4v) is 5.09. The third-order valence-corrected chi connectivity index (χ3v) is 7.17.